The number of aromatic nitrogens is 2. The first-order chi connectivity index (χ1) is 9.19. The summed E-state index contributed by atoms with van der Waals surface area (Å²) >= 11 is 0. The second-order valence-electron chi connectivity index (χ2n) is 6.59. The molecule has 0 bridgehead atoms. The summed E-state index contributed by atoms with van der Waals surface area (Å²) in [6, 6.07) is 5.97. The van der Waals surface area contributed by atoms with E-state index in [1.54, 1.807) is 0 Å². The number of benzene rings is 1. The molecule has 0 radical (unpaired) electrons. The number of nitrogens with one attached hydrogen (secondary N) is 1. The average molecular weight is 275 g/mol. The number of hydrogen-bond acceptors (Lipinski definition) is 3. The molecule has 2 rings (SSSR count). The monoisotopic (exact) mass is 275 g/mol. The Kier molecular flexibility index (Phi) is 3.89. The number of rotatable bonds is 3. The van der Waals surface area contributed by atoms with Crippen molar-refractivity contribution < 1.29 is 5.11 Å². The molecule has 110 valence electrons. The van der Waals surface area contributed by atoms with Crippen LogP contribution >= 0.6 is 0 Å². The highest BCUT2D eigenvalue weighted by molar-refractivity contribution is 5.76. The summed E-state index contributed by atoms with van der Waals surface area (Å²) < 4.78 is 2.06. The first kappa shape index (κ1) is 15.0. The molecule has 1 heterocycles. The number of nitrogens with zero attached hydrogens (tertiary/aromatic N) is 2. The highest BCUT2D eigenvalue weighted by atomic mass is 16.3. The van der Waals surface area contributed by atoms with Crippen LogP contribution in [0.1, 0.15) is 45.2 Å². The summed E-state index contributed by atoms with van der Waals surface area (Å²) in [7, 11) is 2.00. The molecule has 2 aromatic rings. The number of fused-ring (bicyclic) bond motifs is 1. The van der Waals surface area contributed by atoms with Crippen LogP contribution in [-0.4, -0.2) is 26.2 Å². The molecule has 2 unspecified atom stereocenters. The van der Waals surface area contributed by atoms with E-state index >= 15 is 0 Å². The molecule has 0 saturated carbocycles. The minimum absolute atomic E-state index is 0.0164. The lowest BCUT2D eigenvalue weighted by Crippen LogP contribution is -2.44. The van der Waals surface area contributed by atoms with E-state index in [0.717, 1.165) is 22.4 Å². The lowest BCUT2D eigenvalue weighted by Gasteiger charge is -2.29. The Morgan fingerprint density at radius 2 is 1.95 bits per heavy atom. The molecule has 1 aromatic heterocycles. The maximum absolute atomic E-state index is 10.5. The van der Waals surface area contributed by atoms with Crippen LogP contribution in [0, 0.1) is 6.92 Å². The molecular formula is C16H25N3O. The molecule has 0 aliphatic rings. The van der Waals surface area contributed by atoms with E-state index in [9.17, 15) is 5.11 Å². The molecule has 2 atom stereocenters. The normalized spacial score (nSPS) is 15.6. The zero-order valence-electron chi connectivity index (χ0n) is 13.2. The third kappa shape index (κ3) is 3.02. The van der Waals surface area contributed by atoms with E-state index in [0.29, 0.717) is 0 Å². The fourth-order valence-corrected chi connectivity index (χ4v) is 2.57. The Morgan fingerprint density at radius 1 is 1.30 bits per heavy atom. The molecule has 0 amide bonds. The van der Waals surface area contributed by atoms with E-state index in [1.807, 2.05) is 39.1 Å². The smallest absolute Gasteiger partial charge is 0.106 e. The van der Waals surface area contributed by atoms with Crippen molar-refractivity contribution in [1.29, 1.82) is 0 Å². The third-order valence-electron chi connectivity index (χ3n) is 3.60. The molecule has 0 saturated heterocycles. The van der Waals surface area contributed by atoms with Crippen LogP contribution in [0.2, 0.25) is 0 Å². The van der Waals surface area contributed by atoms with Crippen molar-refractivity contribution in [2.45, 2.75) is 52.3 Å². The highest BCUT2D eigenvalue weighted by Gasteiger charge is 2.22. The molecule has 4 nitrogen and oxygen atoms in total. The van der Waals surface area contributed by atoms with E-state index < -0.39 is 6.10 Å². The number of imidazole rings is 1. The van der Waals surface area contributed by atoms with Crippen LogP contribution in [0.5, 0.6) is 0 Å². The van der Waals surface area contributed by atoms with Gasteiger partial charge in [-0.15, -0.1) is 0 Å². The fourth-order valence-electron chi connectivity index (χ4n) is 2.57. The summed E-state index contributed by atoms with van der Waals surface area (Å²) in [6.07, 6.45) is -0.541. The molecule has 0 aliphatic heterocycles. The van der Waals surface area contributed by atoms with E-state index in [2.05, 4.69) is 35.6 Å². The van der Waals surface area contributed by atoms with Gasteiger partial charge in [0.15, 0.2) is 0 Å². The van der Waals surface area contributed by atoms with Crippen LogP contribution in [-0.2, 0) is 7.05 Å². The summed E-state index contributed by atoms with van der Waals surface area (Å²) in [6.45, 7) is 10.3. The summed E-state index contributed by atoms with van der Waals surface area (Å²) in [4.78, 5) is 4.52. The molecule has 1 aromatic carbocycles. The Labute approximate surface area is 120 Å². The number of aliphatic hydroxyl groups excluding tert-OH is 1. The van der Waals surface area contributed by atoms with Gasteiger partial charge in [-0.05, 0) is 52.3 Å². The van der Waals surface area contributed by atoms with Gasteiger partial charge in [0.2, 0.25) is 0 Å². The molecule has 0 fully saturated rings. The second-order valence-corrected chi connectivity index (χ2v) is 6.59. The van der Waals surface area contributed by atoms with E-state index in [1.165, 1.54) is 0 Å². The largest absolute Gasteiger partial charge is 0.387 e. The fraction of sp³-hybridized carbons (Fsp3) is 0.562. The number of aryl methyl sites for hydroxylation is 2. The van der Waals surface area contributed by atoms with Crippen molar-refractivity contribution >= 4 is 11.0 Å². The Hall–Kier alpha value is -1.39. The Morgan fingerprint density at radius 3 is 2.55 bits per heavy atom. The van der Waals surface area contributed by atoms with Gasteiger partial charge in [-0.3, -0.25) is 0 Å². The zero-order chi connectivity index (χ0) is 15.1. The van der Waals surface area contributed by atoms with Gasteiger partial charge in [0.1, 0.15) is 5.82 Å². The standard InChI is InChI=1S/C16H25N3O/c1-10(18-16(3,4)5)15(20)12-7-8-14-13(9-12)17-11(2)19(14)6/h7-10,15,18,20H,1-6H3. The van der Waals surface area contributed by atoms with E-state index in [-0.39, 0.29) is 11.6 Å². The molecule has 2 N–H and O–H groups in total. The summed E-state index contributed by atoms with van der Waals surface area (Å²) in [5.74, 6) is 0.979. The highest BCUT2D eigenvalue weighted by Crippen LogP contribution is 2.23. The third-order valence-corrected chi connectivity index (χ3v) is 3.60. The van der Waals surface area contributed by atoms with Gasteiger partial charge in [0.05, 0.1) is 17.1 Å². The van der Waals surface area contributed by atoms with Crippen LogP contribution < -0.4 is 5.32 Å². The predicted molar refractivity (Wildman–Crippen MR) is 82.8 cm³/mol. The van der Waals surface area contributed by atoms with Crippen molar-refractivity contribution in [1.82, 2.24) is 14.9 Å². The Bertz CT molecular complexity index is 610. The van der Waals surface area contributed by atoms with Crippen molar-refractivity contribution in [3.8, 4) is 0 Å². The first-order valence-corrected chi connectivity index (χ1v) is 7.08. The molecule has 0 spiro atoms. The molecule has 20 heavy (non-hydrogen) atoms. The summed E-state index contributed by atoms with van der Waals surface area (Å²) in [5.41, 5.74) is 2.91. The SMILES string of the molecule is Cc1nc2cc(C(O)C(C)NC(C)(C)C)ccc2n1C. The van der Waals surface area contributed by atoms with Crippen molar-refractivity contribution in [3.63, 3.8) is 0 Å². The number of hydrogen-bond donors (Lipinski definition) is 2. The molecule has 0 aliphatic carbocycles. The number of aliphatic hydroxyl groups is 1. The topological polar surface area (TPSA) is 50.1 Å². The maximum Gasteiger partial charge on any atom is 0.106 e. The van der Waals surface area contributed by atoms with Crippen LogP contribution in [0.15, 0.2) is 18.2 Å². The van der Waals surface area contributed by atoms with Gasteiger partial charge in [0, 0.05) is 18.6 Å². The van der Waals surface area contributed by atoms with Crippen LogP contribution in [0.25, 0.3) is 11.0 Å². The summed E-state index contributed by atoms with van der Waals surface area (Å²) in [5, 5.41) is 13.9. The minimum atomic E-state index is -0.541. The molecular weight excluding hydrogens is 250 g/mol. The van der Waals surface area contributed by atoms with Crippen LogP contribution in [0.4, 0.5) is 0 Å². The molecule has 4 heteroatoms. The maximum atomic E-state index is 10.5. The zero-order valence-corrected chi connectivity index (χ0v) is 13.2. The minimum Gasteiger partial charge on any atom is -0.387 e. The van der Waals surface area contributed by atoms with Gasteiger partial charge >= 0.3 is 0 Å². The lowest BCUT2D eigenvalue weighted by atomic mass is 9.99. The van der Waals surface area contributed by atoms with E-state index in [4.69, 9.17) is 0 Å². The average Bonchev–Trinajstić information content (AvgIpc) is 2.61. The van der Waals surface area contributed by atoms with Crippen molar-refractivity contribution in [2.24, 2.45) is 7.05 Å². The van der Waals surface area contributed by atoms with Crippen molar-refractivity contribution in [3.05, 3.63) is 29.6 Å². The van der Waals surface area contributed by atoms with Gasteiger partial charge < -0.3 is 15.0 Å². The Balaban J connectivity index is 2.28. The van der Waals surface area contributed by atoms with Crippen LogP contribution in [0.3, 0.4) is 0 Å². The second kappa shape index (κ2) is 5.19. The lowest BCUT2D eigenvalue weighted by molar-refractivity contribution is 0.121. The van der Waals surface area contributed by atoms with Gasteiger partial charge in [-0.1, -0.05) is 6.07 Å². The predicted octanol–water partition coefficient (Wildman–Crippen LogP) is 2.69. The van der Waals surface area contributed by atoms with Gasteiger partial charge in [0.25, 0.3) is 0 Å². The first-order valence-electron chi connectivity index (χ1n) is 7.08. The quantitative estimate of drug-likeness (QED) is 0.905. The van der Waals surface area contributed by atoms with Gasteiger partial charge in [-0.2, -0.15) is 0 Å². The van der Waals surface area contributed by atoms with Gasteiger partial charge in [-0.25, -0.2) is 4.98 Å². The van der Waals surface area contributed by atoms with Crippen molar-refractivity contribution in [2.75, 3.05) is 0 Å².